The quantitative estimate of drug-likeness (QED) is 0.613. The molecule has 1 N–H and O–H groups in total. The summed E-state index contributed by atoms with van der Waals surface area (Å²) in [6, 6.07) is 0. The zero-order chi connectivity index (χ0) is 8.06. The molecule has 0 aromatic rings. The van der Waals surface area contributed by atoms with Gasteiger partial charge in [-0.25, -0.2) is 0 Å². The molecule has 2 rings (SSSR count). The zero-order valence-corrected chi connectivity index (χ0v) is 6.54. The van der Waals surface area contributed by atoms with Gasteiger partial charge in [-0.2, -0.15) is 0 Å². The highest BCUT2D eigenvalue weighted by Gasteiger charge is 2.53. The molecule has 1 saturated heterocycles. The molecule has 0 radical (unpaired) electrons. The molecule has 11 heavy (non-hydrogen) atoms. The maximum absolute atomic E-state index is 10.7. The third kappa shape index (κ3) is 0.872. The fraction of sp³-hybridized carbons (Fsp3) is 0.875. The van der Waals surface area contributed by atoms with Crippen LogP contribution in [0, 0.1) is 11.3 Å². The number of hydrogen-bond donors (Lipinski definition) is 1. The van der Waals surface area contributed by atoms with E-state index in [1.165, 1.54) is 0 Å². The van der Waals surface area contributed by atoms with Gasteiger partial charge in [-0.05, 0) is 12.8 Å². The first-order chi connectivity index (χ1) is 5.12. The molecular formula is C8H12O3. The molecule has 3 unspecified atom stereocenters. The smallest absolute Gasteiger partial charge is 0.307 e. The van der Waals surface area contributed by atoms with Gasteiger partial charge in [0.05, 0.1) is 18.6 Å². The lowest BCUT2D eigenvalue weighted by atomic mass is 9.81. The Hall–Kier alpha value is -0.570. The Morgan fingerprint density at radius 1 is 1.73 bits per heavy atom. The van der Waals surface area contributed by atoms with Gasteiger partial charge in [-0.15, -0.1) is 0 Å². The molecule has 2 bridgehead atoms. The summed E-state index contributed by atoms with van der Waals surface area (Å²) in [5.74, 6) is -0.820. The van der Waals surface area contributed by atoms with E-state index in [4.69, 9.17) is 9.84 Å². The Balaban J connectivity index is 2.21. The van der Waals surface area contributed by atoms with Crippen molar-refractivity contribution in [2.24, 2.45) is 11.3 Å². The minimum absolute atomic E-state index is 0.0729. The first-order valence-electron chi connectivity index (χ1n) is 3.96. The second-order valence-corrected chi connectivity index (χ2v) is 3.92. The molecule has 1 saturated carbocycles. The number of carboxylic acids is 1. The maximum atomic E-state index is 10.7. The number of ether oxygens (including phenoxy) is 1. The van der Waals surface area contributed by atoms with Crippen molar-refractivity contribution in [3.05, 3.63) is 0 Å². The van der Waals surface area contributed by atoms with Crippen LogP contribution in [0.2, 0.25) is 0 Å². The van der Waals surface area contributed by atoms with Gasteiger partial charge < -0.3 is 9.84 Å². The Morgan fingerprint density at radius 2 is 2.45 bits per heavy atom. The molecule has 3 nitrogen and oxygen atoms in total. The van der Waals surface area contributed by atoms with Gasteiger partial charge in [0.15, 0.2) is 0 Å². The third-order valence-corrected chi connectivity index (χ3v) is 2.98. The van der Waals surface area contributed by atoms with E-state index in [-0.39, 0.29) is 17.4 Å². The summed E-state index contributed by atoms with van der Waals surface area (Å²) in [5, 5.41) is 8.84. The molecule has 2 aliphatic rings. The molecule has 0 aromatic heterocycles. The average Bonchev–Trinajstić information content (AvgIpc) is 2.41. The minimum atomic E-state index is -0.654. The van der Waals surface area contributed by atoms with E-state index in [0.717, 1.165) is 6.42 Å². The first kappa shape index (κ1) is 7.10. The van der Waals surface area contributed by atoms with Crippen LogP contribution >= 0.6 is 0 Å². The Morgan fingerprint density at radius 3 is 2.73 bits per heavy atom. The molecule has 1 aliphatic carbocycles. The fourth-order valence-electron chi connectivity index (χ4n) is 2.29. The maximum Gasteiger partial charge on any atom is 0.307 e. The van der Waals surface area contributed by atoms with Crippen LogP contribution in [0.5, 0.6) is 0 Å². The standard InChI is InChI=1S/C8H12O3/c1-8-3-5(11-4-8)2-6(8)7(9)10/h5-6H,2-4H2,1H3,(H,9,10). The van der Waals surface area contributed by atoms with E-state index < -0.39 is 5.97 Å². The summed E-state index contributed by atoms with van der Waals surface area (Å²) in [5.41, 5.74) is -0.0729. The number of carboxylic acid groups (broad SMARTS) is 1. The molecule has 1 aliphatic heterocycles. The lowest BCUT2D eigenvalue weighted by Gasteiger charge is -2.26. The van der Waals surface area contributed by atoms with Crippen molar-refractivity contribution in [2.45, 2.75) is 25.9 Å². The summed E-state index contributed by atoms with van der Waals surface area (Å²) in [4.78, 5) is 10.7. The Kier molecular flexibility index (Phi) is 1.27. The van der Waals surface area contributed by atoms with E-state index in [1.54, 1.807) is 0 Å². The lowest BCUT2D eigenvalue weighted by Crippen LogP contribution is -2.33. The van der Waals surface area contributed by atoms with E-state index in [9.17, 15) is 4.79 Å². The number of hydrogen-bond acceptors (Lipinski definition) is 2. The predicted octanol–water partition coefficient (Wildman–Crippen LogP) is 0.886. The SMILES string of the molecule is CC12COC(CC1C(=O)O)C2. The van der Waals surface area contributed by atoms with Crippen LogP contribution in [-0.4, -0.2) is 23.8 Å². The van der Waals surface area contributed by atoms with Crippen LogP contribution in [0.25, 0.3) is 0 Å². The summed E-state index contributed by atoms with van der Waals surface area (Å²) in [7, 11) is 0. The van der Waals surface area contributed by atoms with Crippen molar-refractivity contribution in [3.8, 4) is 0 Å². The third-order valence-electron chi connectivity index (χ3n) is 2.98. The van der Waals surface area contributed by atoms with Crippen molar-refractivity contribution in [3.63, 3.8) is 0 Å². The molecule has 1 heterocycles. The number of fused-ring (bicyclic) bond motifs is 2. The molecule has 0 amide bonds. The second-order valence-electron chi connectivity index (χ2n) is 3.92. The number of aliphatic carboxylic acids is 1. The van der Waals surface area contributed by atoms with Crippen molar-refractivity contribution >= 4 is 5.97 Å². The molecule has 0 aromatic carbocycles. The molecule has 3 heteroatoms. The summed E-state index contributed by atoms with van der Waals surface area (Å²) >= 11 is 0. The highest BCUT2D eigenvalue weighted by atomic mass is 16.5. The van der Waals surface area contributed by atoms with Crippen LogP contribution in [-0.2, 0) is 9.53 Å². The molecular weight excluding hydrogens is 144 g/mol. The first-order valence-corrected chi connectivity index (χ1v) is 3.96. The molecule has 3 atom stereocenters. The largest absolute Gasteiger partial charge is 0.481 e. The summed E-state index contributed by atoms with van der Waals surface area (Å²) in [6.45, 7) is 2.65. The van der Waals surface area contributed by atoms with Crippen molar-refractivity contribution in [2.75, 3.05) is 6.61 Å². The van der Waals surface area contributed by atoms with Gasteiger partial charge in [-0.3, -0.25) is 4.79 Å². The molecule has 2 fully saturated rings. The van der Waals surface area contributed by atoms with Gasteiger partial charge in [-0.1, -0.05) is 6.92 Å². The Labute approximate surface area is 65.4 Å². The van der Waals surface area contributed by atoms with Crippen LogP contribution in [0.1, 0.15) is 19.8 Å². The van der Waals surface area contributed by atoms with Crippen LogP contribution < -0.4 is 0 Å². The van der Waals surface area contributed by atoms with Gasteiger partial charge in [0, 0.05) is 5.41 Å². The van der Waals surface area contributed by atoms with Crippen LogP contribution in [0.4, 0.5) is 0 Å². The normalized spacial score (nSPS) is 48.1. The van der Waals surface area contributed by atoms with Crippen molar-refractivity contribution < 1.29 is 14.6 Å². The number of carbonyl (C=O) groups is 1. The highest BCUT2D eigenvalue weighted by Crippen LogP contribution is 2.49. The van der Waals surface area contributed by atoms with Crippen molar-refractivity contribution in [1.29, 1.82) is 0 Å². The molecule has 62 valence electrons. The van der Waals surface area contributed by atoms with Crippen molar-refractivity contribution in [1.82, 2.24) is 0 Å². The second kappa shape index (κ2) is 1.97. The van der Waals surface area contributed by atoms with E-state index in [1.807, 2.05) is 6.92 Å². The average molecular weight is 156 g/mol. The fourth-order valence-corrected chi connectivity index (χ4v) is 2.29. The van der Waals surface area contributed by atoms with Gasteiger partial charge >= 0.3 is 5.97 Å². The van der Waals surface area contributed by atoms with E-state index in [0.29, 0.717) is 13.0 Å². The molecule has 0 spiro atoms. The Bertz CT molecular complexity index is 202. The topological polar surface area (TPSA) is 46.5 Å². The van der Waals surface area contributed by atoms with Crippen LogP contribution in [0.15, 0.2) is 0 Å². The van der Waals surface area contributed by atoms with Crippen LogP contribution in [0.3, 0.4) is 0 Å². The summed E-state index contributed by atoms with van der Waals surface area (Å²) in [6.07, 6.45) is 1.87. The van der Waals surface area contributed by atoms with Gasteiger partial charge in [0.25, 0.3) is 0 Å². The lowest BCUT2D eigenvalue weighted by molar-refractivity contribution is -0.148. The van der Waals surface area contributed by atoms with Gasteiger partial charge in [0.2, 0.25) is 0 Å². The zero-order valence-electron chi connectivity index (χ0n) is 6.54. The minimum Gasteiger partial charge on any atom is -0.481 e. The van der Waals surface area contributed by atoms with E-state index in [2.05, 4.69) is 0 Å². The van der Waals surface area contributed by atoms with E-state index >= 15 is 0 Å². The monoisotopic (exact) mass is 156 g/mol. The summed E-state index contributed by atoms with van der Waals surface area (Å²) < 4.78 is 5.37. The highest BCUT2D eigenvalue weighted by molar-refractivity contribution is 5.71. The van der Waals surface area contributed by atoms with Gasteiger partial charge in [0.1, 0.15) is 0 Å². The number of rotatable bonds is 1. The predicted molar refractivity (Wildman–Crippen MR) is 38.2 cm³/mol.